The van der Waals surface area contributed by atoms with E-state index in [9.17, 15) is 14.7 Å². The van der Waals surface area contributed by atoms with Crippen LogP contribution in [0.3, 0.4) is 0 Å². The zero-order chi connectivity index (χ0) is 19.0. The van der Waals surface area contributed by atoms with Gasteiger partial charge in [-0.15, -0.1) is 0 Å². The fourth-order valence-electron chi connectivity index (χ4n) is 4.17. The van der Waals surface area contributed by atoms with Gasteiger partial charge in [0.15, 0.2) is 5.58 Å². The summed E-state index contributed by atoms with van der Waals surface area (Å²) in [5.74, 6) is -0.771. The molecule has 0 bridgehead atoms. The molecule has 2 aromatic rings. The van der Waals surface area contributed by atoms with Crippen LogP contribution in [-0.2, 0) is 9.59 Å². The summed E-state index contributed by atoms with van der Waals surface area (Å²) in [6, 6.07) is 8.29. The maximum absolute atomic E-state index is 12.9. The van der Waals surface area contributed by atoms with Gasteiger partial charge in [-0.05, 0) is 44.7 Å². The van der Waals surface area contributed by atoms with Gasteiger partial charge in [-0.1, -0.05) is 12.1 Å². The van der Waals surface area contributed by atoms with Crippen molar-refractivity contribution >= 4 is 29.0 Å². The van der Waals surface area contributed by atoms with E-state index in [1.54, 1.807) is 11.8 Å². The van der Waals surface area contributed by atoms with E-state index in [1.165, 1.54) is 0 Å². The monoisotopic (exact) mass is 371 g/mol. The molecule has 2 aliphatic heterocycles. The number of rotatable bonds is 3. The smallest absolute Gasteiger partial charge is 0.311 e. The van der Waals surface area contributed by atoms with E-state index in [1.807, 2.05) is 24.3 Å². The normalized spacial score (nSPS) is 24.3. The van der Waals surface area contributed by atoms with Crippen molar-refractivity contribution in [2.45, 2.75) is 32.6 Å². The molecule has 7 nitrogen and oxygen atoms in total. The molecule has 3 heterocycles. The molecule has 1 atom stereocenters. The number of hydrogen-bond donors (Lipinski definition) is 1. The first-order chi connectivity index (χ1) is 13.0. The molecule has 1 unspecified atom stereocenters. The molecule has 1 N–H and O–H groups in total. The van der Waals surface area contributed by atoms with Crippen LogP contribution in [0.25, 0.3) is 11.1 Å². The number of benzene rings is 1. The molecule has 0 aliphatic carbocycles. The van der Waals surface area contributed by atoms with E-state index in [0.717, 1.165) is 30.4 Å². The van der Waals surface area contributed by atoms with E-state index in [2.05, 4.69) is 9.88 Å². The Morgan fingerprint density at radius 3 is 2.67 bits per heavy atom. The Labute approximate surface area is 157 Å². The lowest BCUT2D eigenvalue weighted by molar-refractivity contribution is -0.154. The van der Waals surface area contributed by atoms with Crippen LogP contribution < -0.4 is 4.90 Å². The Morgan fingerprint density at radius 2 is 1.96 bits per heavy atom. The molecule has 1 amide bonds. The number of carboxylic acids is 1. The molecule has 144 valence electrons. The average Bonchev–Trinajstić information content (AvgIpc) is 3.12. The molecule has 0 radical (unpaired) electrons. The molecule has 0 spiro atoms. The molecule has 7 heteroatoms. The Balaban J connectivity index is 1.38. The van der Waals surface area contributed by atoms with Crippen molar-refractivity contribution in [1.29, 1.82) is 0 Å². The molecule has 0 saturated carbocycles. The highest BCUT2D eigenvalue weighted by molar-refractivity contribution is 5.81. The fraction of sp³-hybridized carbons (Fsp3) is 0.550. The van der Waals surface area contributed by atoms with Crippen LogP contribution in [-0.4, -0.2) is 53.0 Å². The summed E-state index contributed by atoms with van der Waals surface area (Å²) in [7, 11) is 0. The zero-order valence-electron chi connectivity index (χ0n) is 15.6. The number of amides is 1. The first-order valence-electron chi connectivity index (χ1n) is 9.59. The first-order valence-corrected chi connectivity index (χ1v) is 9.59. The van der Waals surface area contributed by atoms with Gasteiger partial charge in [-0.3, -0.25) is 9.59 Å². The van der Waals surface area contributed by atoms with Crippen LogP contribution in [0.2, 0.25) is 0 Å². The molecule has 1 aromatic heterocycles. The molecular formula is C20H25N3O4. The quantitative estimate of drug-likeness (QED) is 0.893. The second-order valence-electron chi connectivity index (χ2n) is 7.95. The number of fused-ring (bicyclic) bond motifs is 1. The van der Waals surface area contributed by atoms with Crippen LogP contribution >= 0.6 is 0 Å². The van der Waals surface area contributed by atoms with Gasteiger partial charge in [0.05, 0.1) is 5.41 Å². The first kappa shape index (κ1) is 17.8. The number of aromatic nitrogens is 1. The number of nitrogens with zero attached hydrogens (tertiary/aromatic N) is 3. The third-order valence-electron chi connectivity index (χ3n) is 5.92. The summed E-state index contributed by atoms with van der Waals surface area (Å²) in [4.78, 5) is 32.8. The standard InChI is InChI=1S/C20H25N3O4/c1-20(18(25)26)9-4-10-23(13-20)17(24)14-7-11-22(12-8-14)19-21-15-5-2-3-6-16(15)27-19/h2-3,5-6,14H,4,7-13H2,1H3,(H,25,26). The fourth-order valence-corrected chi connectivity index (χ4v) is 4.17. The summed E-state index contributed by atoms with van der Waals surface area (Å²) in [5, 5.41) is 9.47. The van der Waals surface area contributed by atoms with Crippen molar-refractivity contribution in [2.24, 2.45) is 11.3 Å². The average molecular weight is 371 g/mol. The second kappa shape index (κ2) is 6.87. The molecule has 2 fully saturated rings. The van der Waals surface area contributed by atoms with Gasteiger partial charge in [0, 0.05) is 32.1 Å². The van der Waals surface area contributed by atoms with Gasteiger partial charge in [0.25, 0.3) is 6.01 Å². The molecular weight excluding hydrogens is 346 g/mol. The van der Waals surface area contributed by atoms with Crippen LogP contribution in [0.1, 0.15) is 32.6 Å². The van der Waals surface area contributed by atoms with Gasteiger partial charge in [-0.25, -0.2) is 0 Å². The maximum atomic E-state index is 12.9. The molecule has 27 heavy (non-hydrogen) atoms. The Morgan fingerprint density at radius 1 is 1.22 bits per heavy atom. The van der Waals surface area contributed by atoms with Gasteiger partial charge in [0.2, 0.25) is 5.91 Å². The highest BCUT2D eigenvalue weighted by Gasteiger charge is 2.41. The lowest BCUT2D eigenvalue weighted by atomic mass is 9.81. The van der Waals surface area contributed by atoms with Crippen molar-refractivity contribution in [3.8, 4) is 0 Å². The largest absolute Gasteiger partial charge is 0.481 e. The van der Waals surface area contributed by atoms with E-state index in [-0.39, 0.29) is 11.8 Å². The molecule has 1 aromatic carbocycles. The van der Waals surface area contributed by atoms with Crippen LogP contribution in [0, 0.1) is 11.3 Å². The number of likely N-dealkylation sites (tertiary alicyclic amines) is 1. The number of carbonyl (C=O) groups excluding carboxylic acids is 1. The van der Waals surface area contributed by atoms with Gasteiger partial charge < -0.3 is 19.3 Å². The van der Waals surface area contributed by atoms with Crippen molar-refractivity contribution in [1.82, 2.24) is 9.88 Å². The summed E-state index contributed by atoms with van der Waals surface area (Å²) >= 11 is 0. The second-order valence-corrected chi connectivity index (χ2v) is 7.95. The number of anilines is 1. The molecule has 2 aliphatic rings. The zero-order valence-corrected chi connectivity index (χ0v) is 15.6. The number of hydrogen-bond acceptors (Lipinski definition) is 5. The van der Waals surface area contributed by atoms with Gasteiger partial charge in [0.1, 0.15) is 5.52 Å². The minimum absolute atomic E-state index is 0.0539. The summed E-state index contributed by atoms with van der Waals surface area (Å²) in [6.45, 7) is 4.14. The summed E-state index contributed by atoms with van der Waals surface area (Å²) in [5.41, 5.74) is 0.784. The highest BCUT2D eigenvalue weighted by atomic mass is 16.4. The predicted molar refractivity (Wildman–Crippen MR) is 101 cm³/mol. The van der Waals surface area contributed by atoms with Crippen LogP contribution in [0.5, 0.6) is 0 Å². The third kappa shape index (κ3) is 3.38. The number of oxazole rings is 1. The summed E-state index contributed by atoms with van der Waals surface area (Å²) in [6.07, 6.45) is 2.84. The Hall–Kier alpha value is -2.57. The van der Waals surface area contributed by atoms with E-state index in [0.29, 0.717) is 38.6 Å². The minimum atomic E-state index is -0.827. The van der Waals surface area contributed by atoms with E-state index >= 15 is 0 Å². The summed E-state index contributed by atoms with van der Waals surface area (Å²) < 4.78 is 5.83. The van der Waals surface area contributed by atoms with Crippen LogP contribution in [0.15, 0.2) is 28.7 Å². The molecule has 2 saturated heterocycles. The number of para-hydroxylation sites is 2. The Bertz CT molecular complexity index is 823. The highest BCUT2D eigenvalue weighted by Crippen LogP contribution is 2.32. The van der Waals surface area contributed by atoms with Crippen molar-refractivity contribution in [2.75, 3.05) is 31.1 Å². The number of piperidine rings is 2. The molecule has 4 rings (SSSR count). The SMILES string of the molecule is CC1(C(=O)O)CCCN(C(=O)C2CCN(c3nc4ccccc4o3)CC2)C1. The van der Waals surface area contributed by atoms with Gasteiger partial charge >= 0.3 is 5.97 Å². The van der Waals surface area contributed by atoms with Crippen molar-refractivity contribution in [3.63, 3.8) is 0 Å². The number of carboxylic acid groups (broad SMARTS) is 1. The van der Waals surface area contributed by atoms with Crippen LogP contribution in [0.4, 0.5) is 6.01 Å². The third-order valence-corrected chi connectivity index (χ3v) is 5.92. The van der Waals surface area contributed by atoms with E-state index < -0.39 is 11.4 Å². The van der Waals surface area contributed by atoms with E-state index in [4.69, 9.17) is 4.42 Å². The maximum Gasteiger partial charge on any atom is 0.311 e. The topological polar surface area (TPSA) is 86.9 Å². The predicted octanol–water partition coefficient (Wildman–Crippen LogP) is 2.76. The number of aliphatic carboxylic acids is 1. The number of carbonyl (C=O) groups is 2. The van der Waals surface area contributed by atoms with Gasteiger partial charge in [-0.2, -0.15) is 4.98 Å². The lowest BCUT2D eigenvalue weighted by Crippen LogP contribution is -2.51. The minimum Gasteiger partial charge on any atom is -0.481 e. The van der Waals surface area contributed by atoms with Crippen molar-refractivity contribution < 1.29 is 19.1 Å². The lowest BCUT2D eigenvalue weighted by Gasteiger charge is -2.40. The van der Waals surface area contributed by atoms with Crippen molar-refractivity contribution in [3.05, 3.63) is 24.3 Å². The Kier molecular flexibility index (Phi) is 4.53.